The Balaban J connectivity index is 1.46. The van der Waals surface area contributed by atoms with Gasteiger partial charge in [-0.2, -0.15) is 0 Å². The Morgan fingerprint density at radius 2 is 1.39 bits per heavy atom. The van der Waals surface area contributed by atoms with Crippen LogP contribution in [0.3, 0.4) is 0 Å². The summed E-state index contributed by atoms with van der Waals surface area (Å²) in [6.45, 7) is 0. The summed E-state index contributed by atoms with van der Waals surface area (Å²) < 4.78 is 8.59. The summed E-state index contributed by atoms with van der Waals surface area (Å²) in [6.07, 6.45) is 5.06. The zero-order valence-electron chi connectivity index (χ0n) is 17.8. The third-order valence-electron chi connectivity index (χ3n) is 5.95. The summed E-state index contributed by atoms with van der Waals surface area (Å²) in [5.74, 6) is 1.25. The highest BCUT2D eigenvalue weighted by Gasteiger charge is 2.36. The molecule has 33 heavy (non-hydrogen) atoms. The van der Waals surface area contributed by atoms with E-state index in [1.165, 1.54) is 22.3 Å². The molecule has 0 aliphatic carbocycles. The topological polar surface area (TPSA) is 29.5 Å². The number of fused-ring (bicyclic) bond motifs is 1. The molecule has 1 aliphatic rings. The maximum atomic E-state index is 9.75. The van der Waals surface area contributed by atoms with Crippen LogP contribution >= 0.6 is 31.9 Å². The van der Waals surface area contributed by atoms with E-state index in [1.807, 2.05) is 12.1 Å². The number of hydrogen-bond donors (Lipinski definition) is 1. The highest BCUT2D eigenvalue weighted by atomic mass is 79.9. The first-order valence-electron chi connectivity index (χ1n) is 10.8. The molecule has 164 valence electrons. The van der Waals surface area contributed by atoms with Gasteiger partial charge in [0.2, 0.25) is 0 Å². The Morgan fingerprint density at radius 1 is 0.758 bits per heavy atom. The van der Waals surface area contributed by atoms with Crippen LogP contribution in [-0.2, 0) is 6.42 Å². The second-order valence-electron chi connectivity index (χ2n) is 8.19. The van der Waals surface area contributed by atoms with Crippen molar-refractivity contribution in [1.29, 1.82) is 0 Å². The number of ether oxygens (including phenoxy) is 1. The van der Waals surface area contributed by atoms with Crippen molar-refractivity contribution >= 4 is 37.9 Å². The van der Waals surface area contributed by atoms with Gasteiger partial charge in [-0.15, -0.1) is 0 Å². The quantitative estimate of drug-likeness (QED) is 0.265. The first kappa shape index (κ1) is 22.0. The molecule has 0 spiro atoms. The van der Waals surface area contributed by atoms with Gasteiger partial charge in [-0.3, -0.25) is 0 Å². The van der Waals surface area contributed by atoms with E-state index in [4.69, 9.17) is 4.74 Å². The van der Waals surface area contributed by atoms with Gasteiger partial charge in [-0.25, -0.2) is 0 Å². The number of hydrogen-bond acceptors (Lipinski definition) is 2. The number of rotatable bonds is 5. The molecule has 0 unspecified atom stereocenters. The fourth-order valence-corrected chi connectivity index (χ4v) is 4.83. The lowest BCUT2D eigenvalue weighted by atomic mass is 9.84. The molecule has 1 aliphatic heterocycles. The Morgan fingerprint density at radius 3 is 2.09 bits per heavy atom. The van der Waals surface area contributed by atoms with Gasteiger partial charge >= 0.3 is 0 Å². The maximum absolute atomic E-state index is 9.75. The minimum atomic E-state index is -0.143. The monoisotopic (exact) mass is 560 g/mol. The van der Waals surface area contributed by atoms with Crippen LogP contribution in [0.4, 0.5) is 0 Å². The number of benzene rings is 4. The SMILES string of the molecule is Oc1ccc([C@@H]2Oc3ccc(C/C=C/c4ccc(Br)cc4)cc3[C@H]2c2ccc(Br)cc2)cc1. The van der Waals surface area contributed by atoms with Crippen LogP contribution in [0.2, 0.25) is 0 Å². The molecule has 0 fully saturated rings. The van der Waals surface area contributed by atoms with Gasteiger partial charge in [0.25, 0.3) is 0 Å². The lowest BCUT2D eigenvalue weighted by Gasteiger charge is -2.20. The molecule has 4 aromatic carbocycles. The average molecular weight is 562 g/mol. The Hall–Kier alpha value is -2.82. The zero-order chi connectivity index (χ0) is 22.8. The molecule has 5 rings (SSSR count). The number of aromatic hydroxyl groups is 1. The van der Waals surface area contributed by atoms with Gasteiger partial charge in [0.05, 0.1) is 5.92 Å². The summed E-state index contributed by atoms with van der Waals surface area (Å²) in [6, 6.07) is 30.6. The molecule has 2 atom stereocenters. The molecular weight excluding hydrogens is 540 g/mol. The summed E-state index contributed by atoms with van der Waals surface area (Å²) in [5.41, 5.74) is 5.89. The van der Waals surface area contributed by atoms with Crippen molar-refractivity contribution in [2.24, 2.45) is 0 Å². The molecular formula is C29H22Br2O2. The highest BCUT2D eigenvalue weighted by molar-refractivity contribution is 9.10. The predicted molar refractivity (Wildman–Crippen MR) is 141 cm³/mol. The van der Waals surface area contributed by atoms with Gasteiger partial charge in [0.15, 0.2) is 0 Å². The van der Waals surface area contributed by atoms with Crippen LogP contribution < -0.4 is 4.74 Å². The third kappa shape index (κ3) is 4.92. The van der Waals surface area contributed by atoms with Crippen LogP contribution in [0, 0.1) is 0 Å². The molecule has 0 saturated carbocycles. The van der Waals surface area contributed by atoms with Gasteiger partial charge in [0, 0.05) is 14.5 Å². The van der Waals surface area contributed by atoms with Crippen molar-refractivity contribution in [2.75, 3.05) is 0 Å². The van der Waals surface area contributed by atoms with Crippen LogP contribution in [-0.4, -0.2) is 5.11 Å². The number of halogens is 2. The van der Waals surface area contributed by atoms with E-state index in [0.717, 1.165) is 26.7 Å². The van der Waals surface area contributed by atoms with Crippen molar-refractivity contribution < 1.29 is 9.84 Å². The van der Waals surface area contributed by atoms with Crippen LogP contribution in [0.1, 0.15) is 39.8 Å². The average Bonchev–Trinajstić information content (AvgIpc) is 3.20. The van der Waals surface area contributed by atoms with E-state index in [1.54, 1.807) is 12.1 Å². The second kappa shape index (κ2) is 9.58. The largest absolute Gasteiger partial charge is 0.508 e. The summed E-state index contributed by atoms with van der Waals surface area (Å²) in [7, 11) is 0. The Bertz CT molecular complexity index is 1280. The molecule has 0 bridgehead atoms. The maximum Gasteiger partial charge on any atom is 0.135 e. The third-order valence-corrected chi connectivity index (χ3v) is 7.01. The summed E-state index contributed by atoms with van der Waals surface area (Å²) in [5, 5.41) is 9.75. The molecule has 1 N–H and O–H groups in total. The normalized spacial score (nSPS) is 17.2. The van der Waals surface area contributed by atoms with Gasteiger partial charge < -0.3 is 9.84 Å². The molecule has 4 heteroatoms. The van der Waals surface area contributed by atoms with Crippen molar-refractivity contribution in [3.05, 3.63) is 134 Å². The van der Waals surface area contributed by atoms with Crippen LogP contribution in [0.5, 0.6) is 11.5 Å². The minimum absolute atomic E-state index is 0.0769. The van der Waals surface area contributed by atoms with Crippen LogP contribution in [0.25, 0.3) is 6.08 Å². The molecule has 0 aromatic heterocycles. The van der Waals surface area contributed by atoms with E-state index in [-0.39, 0.29) is 17.8 Å². The van der Waals surface area contributed by atoms with E-state index >= 15 is 0 Å². The molecule has 4 aromatic rings. The van der Waals surface area contributed by atoms with E-state index in [2.05, 4.69) is 111 Å². The Labute approximate surface area is 210 Å². The van der Waals surface area contributed by atoms with Crippen LogP contribution in [0.15, 0.2) is 106 Å². The smallest absolute Gasteiger partial charge is 0.135 e. The molecule has 2 nitrogen and oxygen atoms in total. The van der Waals surface area contributed by atoms with Crippen molar-refractivity contribution in [1.82, 2.24) is 0 Å². The Kier molecular flexibility index (Phi) is 6.39. The lowest BCUT2D eigenvalue weighted by Crippen LogP contribution is -2.11. The molecule has 0 saturated heterocycles. The van der Waals surface area contributed by atoms with Gasteiger partial charge in [0.1, 0.15) is 17.6 Å². The van der Waals surface area contributed by atoms with E-state index in [9.17, 15) is 5.11 Å². The van der Waals surface area contributed by atoms with Crippen molar-refractivity contribution in [2.45, 2.75) is 18.4 Å². The van der Waals surface area contributed by atoms with Gasteiger partial charge in [-0.05, 0) is 71.1 Å². The number of phenolic OH excluding ortho intramolecular Hbond substituents is 1. The molecule has 0 radical (unpaired) electrons. The summed E-state index contributed by atoms with van der Waals surface area (Å²) >= 11 is 7.03. The summed E-state index contributed by atoms with van der Waals surface area (Å²) in [4.78, 5) is 0. The minimum Gasteiger partial charge on any atom is -0.508 e. The second-order valence-corrected chi connectivity index (χ2v) is 10.0. The number of phenols is 1. The first-order chi connectivity index (χ1) is 16.1. The molecule has 1 heterocycles. The van der Waals surface area contributed by atoms with Crippen molar-refractivity contribution in [3.63, 3.8) is 0 Å². The fourth-order valence-electron chi connectivity index (χ4n) is 4.30. The highest BCUT2D eigenvalue weighted by Crippen LogP contribution is 2.50. The fraction of sp³-hybridized carbons (Fsp3) is 0.103. The lowest BCUT2D eigenvalue weighted by molar-refractivity contribution is 0.222. The van der Waals surface area contributed by atoms with Gasteiger partial charge in [-0.1, -0.05) is 92.5 Å². The first-order valence-corrected chi connectivity index (χ1v) is 12.4. The zero-order valence-corrected chi connectivity index (χ0v) is 21.0. The molecule has 0 amide bonds. The number of allylic oxidation sites excluding steroid dienone is 1. The van der Waals surface area contributed by atoms with Crippen molar-refractivity contribution in [3.8, 4) is 11.5 Å². The van der Waals surface area contributed by atoms with E-state index < -0.39 is 0 Å². The predicted octanol–water partition coefficient (Wildman–Crippen LogP) is 8.44. The van der Waals surface area contributed by atoms with E-state index in [0.29, 0.717) is 0 Å². The standard InChI is InChI=1S/C29H22Br2O2/c30-23-11-4-19(5-12-23)2-1-3-20-6-17-27-26(18-20)28(21-7-13-24(31)14-8-21)29(33-27)22-9-15-25(32)16-10-22/h1-2,4-18,28-29,32H,3H2/b2-1+/t28-,29+/m1/s1.